The van der Waals surface area contributed by atoms with Gasteiger partial charge >= 0.3 is 0 Å². The van der Waals surface area contributed by atoms with Gasteiger partial charge in [-0.05, 0) is 29.3 Å². The molecule has 3 aromatic heterocycles. The van der Waals surface area contributed by atoms with Crippen molar-refractivity contribution in [3.63, 3.8) is 0 Å². The zero-order chi connectivity index (χ0) is 28.0. The van der Waals surface area contributed by atoms with Gasteiger partial charge in [-0.1, -0.05) is 54.6 Å². The molecule has 1 aliphatic heterocycles. The fourth-order valence-electron chi connectivity index (χ4n) is 5.17. The molecule has 0 unspecified atom stereocenters. The zero-order valence-corrected chi connectivity index (χ0v) is 22.8. The van der Waals surface area contributed by atoms with E-state index in [-0.39, 0.29) is 5.91 Å². The van der Waals surface area contributed by atoms with E-state index in [1.807, 2.05) is 60.7 Å². The first-order valence-electron chi connectivity index (χ1n) is 13.9. The Morgan fingerprint density at radius 2 is 1.59 bits per heavy atom. The number of aromatic nitrogens is 4. The summed E-state index contributed by atoms with van der Waals surface area (Å²) in [6, 6.07) is 24.0. The summed E-state index contributed by atoms with van der Waals surface area (Å²) in [5.74, 6) is 0.564. The van der Waals surface area contributed by atoms with Crippen molar-refractivity contribution in [3.8, 4) is 22.4 Å². The number of benzene rings is 2. The van der Waals surface area contributed by atoms with Gasteiger partial charge in [0.2, 0.25) is 5.95 Å². The lowest BCUT2D eigenvalue weighted by atomic mass is 9.96. The number of nitrogens with one attached hydrogen (secondary N) is 1. The van der Waals surface area contributed by atoms with E-state index in [1.54, 1.807) is 18.6 Å². The van der Waals surface area contributed by atoms with E-state index in [0.717, 1.165) is 77.5 Å². The summed E-state index contributed by atoms with van der Waals surface area (Å²) in [5.41, 5.74) is 11.8. The summed E-state index contributed by atoms with van der Waals surface area (Å²) in [7, 11) is 0. The van der Waals surface area contributed by atoms with Gasteiger partial charge in [-0.25, -0.2) is 15.0 Å². The molecule has 6 rings (SSSR count). The number of carbonyl (C=O) groups is 1. The van der Waals surface area contributed by atoms with E-state index in [1.165, 1.54) is 0 Å². The Hall–Kier alpha value is -4.73. The highest BCUT2D eigenvalue weighted by atomic mass is 16.1. The number of hydrogen-bond acceptors (Lipinski definition) is 8. The molecule has 5 aromatic rings. The van der Waals surface area contributed by atoms with Gasteiger partial charge in [0, 0.05) is 80.9 Å². The molecule has 0 aliphatic carbocycles. The Morgan fingerprint density at radius 1 is 0.829 bits per heavy atom. The molecule has 1 aliphatic rings. The Morgan fingerprint density at radius 3 is 2.32 bits per heavy atom. The first-order chi connectivity index (χ1) is 20.2. The topological polar surface area (TPSA) is 113 Å². The third-order valence-corrected chi connectivity index (χ3v) is 7.43. The van der Waals surface area contributed by atoms with Gasteiger partial charge < -0.3 is 16.0 Å². The highest BCUT2D eigenvalue weighted by molar-refractivity contribution is 6.06. The Labute approximate surface area is 239 Å². The summed E-state index contributed by atoms with van der Waals surface area (Å²) in [5, 5.41) is 3.80. The minimum atomic E-state index is -0.201. The molecule has 9 nitrogen and oxygen atoms in total. The lowest BCUT2D eigenvalue weighted by Crippen LogP contribution is -2.49. The number of rotatable bonds is 8. The maximum absolute atomic E-state index is 13.4. The van der Waals surface area contributed by atoms with Crippen LogP contribution in [0.1, 0.15) is 16.1 Å². The molecule has 0 saturated carbocycles. The number of fused-ring (bicyclic) bond motifs is 1. The second-order valence-electron chi connectivity index (χ2n) is 10.0. The van der Waals surface area contributed by atoms with Crippen LogP contribution in [0.3, 0.4) is 0 Å². The van der Waals surface area contributed by atoms with E-state index in [4.69, 9.17) is 10.7 Å². The monoisotopic (exact) mass is 544 g/mol. The number of piperazine rings is 1. The van der Waals surface area contributed by atoms with Gasteiger partial charge in [0.25, 0.3) is 5.91 Å². The van der Waals surface area contributed by atoms with Crippen molar-refractivity contribution in [2.24, 2.45) is 5.73 Å². The molecule has 1 saturated heterocycles. The Bertz CT molecular complexity index is 1620. The van der Waals surface area contributed by atoms with Crippen molar-refractivity contribution in [1.82, 2.24) is 30.2 Å². The smallest absolute Gasteiger partial charge is 0.270 e. The van der Waals surface area contributed by atoms with Crippen molar-refractivity contribution in [2.75, 3.05) is 44.2 Å². The number of carbonyl (C=O) groups excluding carboxylic acids is 1. The molecule has 1 amide bonds. The lowest BCUT2D eigenvalue weighted by molar-refractivity contribution is 0.0944. The van der Waals surface area contributed by atoms with E-state index in [0.29, 0.717) is 18.8 Å². The zero-order valence-electron chi connectivity index (χ0n) is 22.8. The van der Waals surface area contributed by atoms with Gasteiger partial charge in [0.15, 0.2) is 0 Å². The second-order valence-corrected chi connectivity index (χ2v) is 10.0. The predicted molar refractivity (Wildman–Crippen MR) is 161 cm³/mol. The van der Waals surface area contributed by atoms with Crippen LogP contribution < -0.4 is 16.0 Å². The van der Waals surface area contributed by atoms with Crippen LogP contribution >= 0.6 is 0 Å². The molecule has 2 aromatic carbocycles. The van der Waals surface area contributed by atoms with Crippen molar-refractivity contribution in [1.29, 1.82) is 0 Å². The van der Waals surface area contributed by atoms with Crippen LogP contribution in [0.2, 0.25) is 0 Å². The molecule has 41 heavy (non-hydrogen) atoms. The van der Waals surface area contributed by atoms with Crippen molar-refractivity contribution in [3.05, 3.63) is 103 Å². The number of pyridine rings is 2. The molecule has 0 spiro atoms. The largest absolute Gasteiger partial charge is 0.349 e. The average molecular weight is 545 g/mol. The average Bonchev–Trinajstić information content (AvgIpc) is 3.05. The molecule has 0 bridgehead atoms. The van der Waals surface area contributed by atoms with Crippen molar-refractivity contribution < 1.29 is 4.79 Å². The fourth-order valence-corrected chi connectivity index (χ4v) is 5.17. The van der Waals surface area contributed by atoms with Crippen LogP contribution in [0.25, 0.3) is 33.3 Å². The summed E-state index contributed by atoms with van der Waals surface area (Å²) < 4.78 is 0. The summed E-state index contributed by atoms with van der Waals surface area (Å²) in [6.45, 7) is 5.27. The van der Waals surface area contributed by atoms with Gasteiger partial charge in [0.1, 0.15) is 5.69 Å². The van der Waals surface area contributed by atoms with E-state index < -0.39 is 0 Å². The molecule has 1 fully saturated rings. The van der Waals surface area contributed by atoms with E-state index in [2.05, 4.69) is 42.2 Å². The molecule has 9 heteroatoms. The molecule has 0 atom stereocenters. The quantitative estimate of drug-likeness (QED) is 0.304. The van der Waals surface area contributed by atoms with Crippen LogP contribution in [-0.2, 0) is 6.54 Å². The van der Waals surface area contributed by atoms with Gasteiger partial charge in [-0.3, -0.25) is 14.7 Å². The third-order valence-electron chi connectivity index (χ3n) is 7.43. The Balaban J connectivity index is 1.20. The van der Waals surface area contributed by atoms with Crippen LogP contribution in [0.4, 0.5) is 5.95 Å². The van der Waals surface area contributed by atoms with Crippen molar-refractivity contribution in [2.45, 2.75) is 6.54 Å². The summed E-state index contributed by atoms with van der Waals surface area (Å²) >= 11 is 0. The number of anilines is 1. The highest BCUT2D eigenvalue weighted by Crippen LogP contribution is 2.34. The van der Waals surface area contributed by atoms with Crippen LogP contribution in [-0.4, -0.2) is 70.0 Å². The minimum Gasteiger partial charge on any atom is -0.349 e. The number of nitrogens with zero attached hydrogens (tertiary/aromatic N) is 6. The predicted octanol–water partition coefficient (Wildman–Crippen LogP) is 3.76. The van der Waals surface area contributed by atoms with Crippen LogP contribution in [0, 0.1) is 0 Å². The molecule has 3 N–H and O–H groups in total. The van der Waals surface area contributed by atoms with Crippen molar-refractivity contribution >= 4 is 22.8 Å². The summed E-state index contributed by atoms with van der Waals surface area (Å²) in [4.78, 5) is 36.1. The first-order valence-corrected chi connectivity index (χ1v) is 13.9. The SMILES string of the molecule is NCc1ccc(-c2nc3ccnc(C(=O)NCCN4CCN(c5ncccn5)CC4)c3cc2-c2ccccc2)cc1. The number of nitrogens with two attached hydrogens (primary N) is 1. The molecule has 206 valence electrons. The number of hydrogen-bond donors (Lipinski definition) is 2. The van der Waals surface area contributed by atoms with Crippen LogP contribution in [0.15, 0.2) is 91.4 Å². The second kappa shape index (κ2) is 12.2. The van der Waals surface area contributed by atoms with E-state index in [9.17, 15) is 4.79 Å². The van der Waals surface area contributed by atoms with E-state index >= 15 is 0 Å². The third kappa shape index (κ3) is 5.91. The standard InChI is InChI=1S/C32H32N8O/c33-22-23-7-9-25(10-8-23)29-26(24-5-2-1-3-6-24)21-27-28(38-29)11-14-34-30(27)31(41)35-15-16-39-17-19-40(20-18-39)32-36-12-4-13-37-32/h1-14,21H,15-20,22,33H2,(H,35,41). The molecular weight excluding hydrogens is 512 g/mol. The van der Waals surface area contributed by atoms with Gasteiger partial charge in [0.05, 0.1) is 11.2 Å². The van der Waals surface area contributed by atoms with Crippen LogP contribution in [0.5, 0.6) is 0 Å². The maximum Gasteiger partial charge on any atom is 0.270 e. The normalized spacial score (nSPS) is 13.8. The first kappa shape index (κ1) is 26.5. The Kier molecular flexibility index (Phi) is 7.88. The molecule has 4 heterocycles. The maximum atomic E-state index is 13.4. The van der Waals surface area contributed by atoms with Gasteiger partial charge in [-0.15, -0.1) is 0 Å². The highest BCUT2D eigenvalue weighted by Gasteiger charge is 2.20. The molecule has 0 radical (unpaired) electrons. The number of amides is 1. The minimum absolute atomic E-state index is 0.201. The summed E-state index contributed by atoms with van der Waals surface area (Å²) in [6.07, 6.45) is 5.19. The fraction of sp³-hybridized carbons (Fsp3) is 0.219. The molecular formula is C32H32N8O. The lowest BCUT2D eigenvalue weighted by Gasteiger charge is -2.34. The van der Waals surface area contributed by atoms with Gasteiger partial charge in [-0.2, -0.15) is 0 Å².